The molecule has 5 atom stereocenters. The molecule has 2 saturated heterocycles. The lowest BCUT2D eigenvalue weighted by Gasteiger charge is -2.30. The van der Waals surface area contributed by atoms with Crippen molar-refractivity contribution < 1.29 is 41.8 Å². The molecule has 5 N–H and O–H groups in total. The number of hydrogen-bond acceptors (Lipinski definition) is 8. The van der Waals surface area contributed by atoms with Crippen LogP contribution in [-0.4, -0.2) is 86.1 Å². The highest BCUT2D eigenvalue weighted by molar-refractivity contribution is 5.86. The highest BCUT2D eigenvalue weighted by atomic mass is 19.4. The zero-order valence-electron chi connectivity index (χ0n) is 33.1. The quantitative estimate of drug-likeness (QED) is 0.114. The van der Waals surface area contributed by atoms with Crippen molar-refractivity contribution in [2.45, 2.75) is 90.2 Å². The average molecular weight is 807 g/mol. The number of carbonyl (C=O) groups excluding carboxylic acids is 4. The van der Waals surface area contributed by atoms with E-state index in [1.807, 2.05) is 45.0 Å². The number of H-pyrrole nitrogens is 2. The van der Waals surface area contributed by atoms with Crippen molar-refractivity contribution in [3.05, 3.63) is 72.1 Å². The maximum absolute atomic E-state index is 14.4. The van der Waals surface area contributed by atoms with Crippen molar-refractivity contribution in [1.29, 1.82) is 0 Å². The van der Waals surface area contributed by atoms with E-state index in [-0.39, 0.29) is 47.4 Å². The Hall–Kier alpha value is -5.87. The highest BCUT2D eigenvalue weighted by Gasteiger charge is 2.43. The summed E-state index contributed by atoms with van der Waals surface area (Å²) in [5, 5.41) is 2.65. The van der Waals surface area contributed by atoms with Crippen LogP contribution in [0, 0.1) is 11.8 Å². The summed E-state index contributed by atoms with van der Waals surface area (Å²) in [7, 11) is 1.26. The van der Waals surface area contributed by atoms with Gasteiger partial charge in [0.25, 0.3) is 5.91 Å². The van der Waals surface area contributed by atoms with E-state index >= 15 is 0 Å². The minimum Gasteiger partial charge on any atom is -0.453 e. The largest absolute Gasteiger partial charge is 0.453 e. The van der Waals surface area contributed by atoms with E-state index in [0.29, 0.717) is 38.1 Å². The van der Waals surface area contributed by atoms with E-state index in [0.717, 1.165) is 28.8 Å². The Kier molecular flexibility index (Phi) is 12.5. The van der Waals surface area contributed by atoms with Crippen molar-refractivity contribution in [2.24, 2.45) is 17.6 Å². The molecule has 58 heavy (non-hydrogen) atoms. The van der Waals surface area contributed by atoms with Gasteiger partial charge in [-0.25, -0.2) is 19.6 Å². The molecule has 17 heteroatoms. The SMILES string of the molecule is CCC(C)[C@H](OC(N)=O)C(=O)N1CCC[C@H]1c1nc(-c2ccc(-c3ccc(-c4cnc(C5CCCN5C(=O)[C@@H](NC(=O)OC)C(C)C)[nH]4)cc3)cc2)c(C(F)(F)F)[nH]1. The second-order valence-electron chi connectivity index (χ2n) is 15.2. The third-order valence-electron chi connectivity index (χ3n) is 11.0. The molecule has 4 amide bonds. The predicted molar refractivity (Wildman–Crippen MR) is 207 cm³/mol. The average Bonchev–Trinajstić information content (AvgIpc) is 4.04. The first-order valence-electron chi connectivity index (χ1n) is 19.5. The number of amides is 4. The zero-order valence-corrected chi connectivity index (χ0v) is 33.1. The molecule has 0 bridgehead atoms. The Morgan fingerprint density at radius 3 is 1.95 bits per heavy atom. The fraction of sp³-hybridized carbons (Fsp3) is 0.463. The molecule has 2 aliphatic rings. The monoisotopic (exact) mass is 806 g/mol. The standard InChI is InChI=1S/C41H49F3N8O6/c1-6-23(4)33(58-39(45)55)38(54)52-20-8-10-30(52)36-48-32(34(50-36)41(42,43)44)27-17-13-25(14-18-27)24-11-15-26(16-12-24)28-21-46-35(47-28)29-9-7-19-51(29)37(53)31(22(2)3)49-40(56)57-5/h11-18,21-23,29-31,33H,6-10,19-20H2,1-5H3,(H2,45,55)(H,46,47)(H,48,50)(H,49,56)/t23?,29?,30-,31-,33-/m0/s1. The number of hydrogen-bond donors (Lipinski definition) is 4. The molecule has 0 aliphatic carbocycles. The highest BCUT2D eigenvalue weighted by Crippen LogP contribution is 2.40. The van der Waals surface area contributed by atoms with Gasteiger partial charge in [-0.3, -0.25) is 9.59 Å². The van der Waals surface area contributed by atoms with Crippen molar-refractivity contribution in [2.75, 3.05) is 20.2 Å². The van der Waals surface area contributed by atoms with Gasteiger partial charge in [0.2, 0.25) is 5.91 Å². The molecule has 2 aromatic carbocycles. The number of methoxy groups -OCH3 is 1. The fourth-order valence-electron chi connectivity index (χ4n) is 7.70. The minimum atomic E-state index is -4.76. The number of nitrogens with one attached hydrogen (secondary N) is 3. The van der Waals surface area contributed by atoms with E-state index in [1.165, 1.54) is 12.0 Å². The maximum atomic E-state index is 14.4. The van der Waals surface area contributed by atoms with Crippen molar-refractivity contribution in [3.8, 4) is 33.6 Å². The first-order chi connectivity index (χ1) is 27.6. The van der Waals surface area contributed by atoms with Gasteiger partial charge in [-0.1, -0.05) is 76.2 Å². The number of benzene rings is 2. The minimum absolute atomic E-state index is 0.000606. The Morgan fingerprint density at radius 1 is 0.862 bits per heavy atom. The number of alkyl halides is 3. The topological polar surface area (TPSA) is 189 Å². The Morgan fingerprint density at radius 2 is 1.41 bits per heavy atom. The molecule has 0 spiro atoms. The van der Waals surface area contributed by atoms with Gasteiger partial charge in [0, 0.05) is 24.6 Å². The number of halogens is 3. The van der Waals surface area contributed by atoms with Gasteiger partial charge >= 0.3 is 18.4 Å². The summed E-state index contributed by atoms with van der Waals surface area (Å²) in [6, 6.07) is 12.4. The number of nitrogens with zero attached hydrogens (tertiary/aromatic N) is 4. The van der Waals surface area contributed by atoms with Crippen LogP contribution in [0.15, 0.2) is 54.7 Å². The molecule has 4 aromatic rings. The van der Waals surface area contributed by atoms with Gasteiger partial charge in [-0.15, -0.1) is 0 Å². The fourth-order valence-corrected chi connectivity index (χ4v) is 7.70. The molecule has 14 nitrogen and oxygen atoms in total. The Bertz CT molecular complexity index is 2100. The molecule has 0 radical (unpaired) electrons. The number of aromatic nitrogens is 4. The van der Waals surface area contributed by atoms with Gasteiger partial charge in [0.15, 0.2) is 6.10 Å². The molecular formula is C41H49F3N8O6. The van der Waals surface area contributed by atoms with Crippen molar-refractivity contribution in [3.63, 3.8) is 0 Å². The first kappa shape index (κ1) is 41.8. The molecule has 2 unspecified atom stereocenters. The van der Waals surface area contributed by atoms with Crippen LogP contribution >= 0.6 is 0 Å². The molecular weight excluding hydrogens is 757 g/mol. The number of imidazole rings is 2. The van der Waals surface area contributed by atoms with E-state index < -0.39 is 48.2 Å². The summed E-state index contributed by atoms with van der Waals surface area (Å²) >= 11 is 0. The molecule has 0 saturated carbocycles. The van der Waals surface area contributed by atoms with Gasteiger partial charge < -0.3 is 40.3 Å². The lowest BCUT2D eigenvalue weighted by molar-refractivity contribution is -0.144. The summed E-state index contributed by atoms with van der Waals surface area (Å²) in [6.07, 6.45) is -3.06. The smallest absolute Gasteiger partial charge is 0.433 e. The van der Waals surface area contributed by atoms with Crippen LogP contribution in [0.2, 0.25) is 0 Å². The summed E-state index contributed by atoms with van der Waals surface area (Å²) in [6.45, 7) is 8.09. The molecule has 2 aliphatic heterocycles. The van der Waals surface area contributed by atoms with Crippen LogP contribution in [0.4, 0.5) is 22.8 Å². The maximum Gasteiger partial charge on any atom is 0.433 e. The van der Waals surface area contributed by atoms with Gasteiger partial charge in [0.05, 0.1) is 31.1 Å². The third-order valence-corrected chi connectivity index (χ3v) is 11.0. The number of ether oxygens (including phenoxy) is 2. The molecule has 2 fully saturated rings. The Labute approximate surface area is 334 Å². The first-order valence-corrected chi connectivity index (χ1v) is 19.5. The van der Waals surface area contributed by atoms with E-state index in [1.54, 1.807) is 42.3 Å². The van der Waals surface area contributed by atoms with E-state index in [9.17, 15) is 32.3 Å². The van der Waals surface area contributed by atoms with Crippen molar-refractivity contribution in [1.82, 2.24) is 35.1 Å². The van der Waals surface area contributed by atoms with E-state index in [4.69, 9.17) is 15.2 Å². The number of primary amides is 1. The van der Waals surface area contributed by atoms with Crippen LogP contribution in [0.1, 0.15) is 89.2 Å². The summed E-state index contributed by atoms with van der Waals surface area (Å²) in [5.74, 6) is -0.599. The van der Waals surface area contributed by atoms with Gasteiger partial charge in [-0.05, 0) is 54.7 Å². The number of alkyl carbamates (subject to hydrolysis) is 1. The Balaban J connectivity index is 1.18. The zero-order chi connectivity index (χ0) is 41.9. The third kappa shape index (κ3) is 8.82. The second-order valence-corrected chi connectivity index (χ2v) is 15.2. The number of carbonyl (C=O) groups is 4. The van der Waals surface area contributed by atoms with Crippen molar-refractivity contribution >= 4 is 24.0 Å². The second kappa shape index (κ2) is 17.3. The summed E-state index contributed by atoms with van der Waals surface area (Å²) in [5.41, 5.74) is 7.36. The van der Waals surface area contributed by atoms with Crippen LogP contribution in [-0.2, 0) is 25.2 Å². The number of aromatic amines is 2. The summed E-state index contributed by atoms with van der Waals surface area (Å²) < 4.78 is 53.2. The van der Waals surface area contributed by atoms with Gasteiger partial charge in [0.1, 0.15) is 29.1 Å². The number of nitrogens with two attached hydrogens (primary N) is 1. The molecule has 310 valence electrons. The number of rotatable bonds is 12. The molecule has 4 heterocycles. The van der Waals surface area contributed by atoms with Gasteiger partial charge in [-0.2, -0.15) is 13.2 Å². The van der Waals surface area contributed by atoms with Crippen LogP contribution in [0.25, 0.3) is 33.6 Å². The normalized spacial score (nSPS) is 18.6. The van der Waals surface area contributed by atoms with E-state index in [2.05, 4.69) is 25.3 Å². The lowest BCUT2D eigenvalue weighted by atomic mass is 10.00. The van der Waals surface area contributed by atoms with Crippen LogP contribution in [0.3, 0.4) is 0 Å². The molecule has 2 aromatic heterocycles. The predicted octanol–water partition coefficient (Wildman–Crippen LogP) is 7.37. The lowest BCUT2D eigenvalue weighted by Crippen LogP contribution is -2.51. The van der Waals surface area contributed by atoms with Crippen LogP contribution < -0.4 is 11.1 Å². The number of likely N-dealkylation sites (tertiary alicyclic amines) is 2. The summed E-state index contributed by atoms with van der Waals surface area (Å²) in [4.78, 5) is 68.6. The van der Waals surface area contributed by atoms with Crippen LogP contribution in [0.5, 0.6) is 0 Å². The molecule has 6 rings (SSSR count).